The van der Waals surface area contributed by atoms with Gasteiger partial charge in [-0.2, -0.15) is 0 Å². The Morgan fingerprint density at radius 1 is 0.389 bits per heavy atom. The van der Waals surface area contributed by atoms with Crippen LogP contribution in [0.15, 0.2) is 72.8 Å². The first-order valence-corrected chi connectivity index (χ1v) is 15.6. The van der Waals surface area contributed by atoms with Crippen LogP contribution in [0.25, 0.3) is 0 Å². The lowest BCUT2D eigenvalue weighted by atomic mass is 9.63. The highest BCUT2D eigenvalue weighted by Crippen LogP contribution is 2.47. The van der Waals surface area contributed by atoms with Gasteiger partial charge in [-0.15, -0.1) is 0 Å². The smallest absolute Gasteiger partial charge is 0.336 e. The first kappa shape index (κ1) is 39.4. The molecule has 0 radical (unpaired) electrons. The average molecular weight is 743 g/mol. The number of aromatic carboxylic acids is 8. The van der Waals surface area contributed by atoms with Gasteiger partial charge in [0.2, 0.25) is 0 Å². The molecule has 0 atom stereocenters. The monoisotopic (exact) mass is 742 g/mol. The van der Waals surface area contributed by atoms with E-state index in [0.29, 0.717) is 0 Å². The van der Waals surface area contributed by atoms with Gasteiger partial charge in [0, 0.05) is 10.8 Å². The minimum Gasteiger partial charge on any atom is -0.478 e. The fourth-order valence-electron chi connectivity index (χ4n) is 6.71. The molecular weight excluding hydrogens is 712 g/mol. The molecule has 0 bridgehead atoms. The standard InChI is InChI=1S/C38H30O16/c1-37(17-9-11-19(29(39)40)23(15-17)33(47)48,18-10-12-20(30(41)42)24(16-18)34(49)50)13-14-38(2,25-7-3-5-21(31(43)44)27(25)35(51)52)26-8-4-6-22(32(45)46)28(26)36(53)54/h3-12,15-16H,13-14H2,1-2H3,(H,39,40)(H,41,42)(H,43,44)(H,45,46)(H,47,48)(H,49,50)(H,51,52)(H,53,54). The molecule has 0 aliphatic heterocycles. The summed E-state index contributed by atoms with van der Waals surface area (Å²) in [6.45, 7) is 2.81. The van der Waals surface area contributed by atoms with Gasteiger partial charge in [-0.3, -0.25) is 0 Å². The third-order valence-electron chi connectivity index (χ3n) is 9.57. The molecule has 4 rings (SSSR count). The van der Waals surface area contributed by atoms with E-state index in [-0.39, 0.29) is 28.7 Å². The van der Waals surface area contributed by atoms with Gasteiger partial charge >= 0.3 is 47.8 Å². The summed E-state index contributed by atoms with van der Waals surface area (Å²) >= 11 is 0. The molecule has 0 saturated heterocycles. The van der Waals surface area contributed by atoms with Crippen molar-refractivity contribution in [2.75, 3.05) is 0 Å². The fraction of sp³-hybridized carbons (Fsp3) is 0.158. The molecule has 4 aromatic carbocycles. The van der Waals surface area contributed by atoms with Crippen LogP contribution in [0.5, 0.6) is 0 Å². The van der Waals surface area contributed by atoms with E-state index in [9.17, 15) is 79.2 Å². The zero-order valence-electron chi connectivity index (χ0n) is 28.2. The van der Waals surface area contributed by atoms with Gasteiger partial charge < -0.3 is 40.9 Å². The van der Waals surface area contributed by atoms with E-state index >= 15 is 0 Å². The molecule has 0 unspecified atom stereocenters. The number of hydrogen-bond acceptors (Lipinski definition) is 8. The fourth-order valence-corrected chi connectivity index (χ4v) is 6.71. The SMILES string of the molecule is CC(CCC(C)(c1cccc(C(=O)O)c1C(=O)O)c1cccc(C(=O)O)c1C(=O)O)(c1ccc(C(=O)O)c(C(=O)O)c1)c1ccc(C(=O)O)c(C(=O)O)c1. The largest absolute Gasteiger partial charge is 0.478 e. The molecule has 0 aromatic heterocycles. The summed E-state index contributed by atoms with van der Waals surface area (Å²) in [7, 11) is 0. The number of carboxylic acids is 8. The van der Waals surface area contributed by atoms with E-state index in [1.54, 1.807) is 0 Å². The molecule has 0 heterocycles. The number of carbonyl (C=O) groups is 8. The zero-order valence-corrected chi connectivity index (χ0v) is 28.2. The molecular formula is C38H30O16. The van der Waals surface area contributed by atoms with E-state index in [1.165, 1.54) is 50.2 Å². The normalized spacial score (nSPS) is 11.4. The minimum absolute atomic E-state index is 0.0437. The zero-order chi connectivity index (χ0) is 40.4. The molecule has 0 spiro atoms. The van der Waals surface area contributed by atoms with Crippen molar-refractivity contribution in [1.29, 1.82) is 0 Å². The highest BCUT2D eigenvalue weighted by atomic mass is 16.4. The third-order valence-corrected chi connectivity index (χ3v) is 9.57. The Balaban J connectivity index is 2.15. The van der Waals surface area contributed by atoms with Crippen LogP contribution in [-0.4, -0.2) is 88.6 Å². The van der Waals surface area contributed by atoms with Gasteiger partial charge in [0.15, 0.2) is 0 Å². The number of rotatable bonds is 15. The second-order valence-corrected chi connectivity index (χ2v) is 12.6. The van der Waals surface area contributed by atoms with E-state index in [1.807, 2.05) is 0 Å². The predicted octanol–water partition coefficient (Wildman–Crippen LogP) is 5.36. The summed E-state index contributed by atoms with van der Waals surface area (Å²) < 4.78 is 0. The summed E-state index contributed by atoms with van der Waals surface area (Å²) in [6.07, 6.45) is -0.727. The molecule has 16 nitrogen and oxygen atoms in total. The Kier molecular flexibility index (Phi) is 10.7. The summed E-state index contributed by atoms with van der Waals surface area (Å²) in [5.74, 6) is -13.2. The van der Waals surface area contributed by atoms with Crippen LogP contribution in [0.3, 0.4) is 0 Å². The Labute approximate surface area is 303 Å². The molecule has 8 N–H and O–H groups in total. The molecule has 0 aliphatic rings. The molecule has 54 heavy (non-hydrogen) atoms. The first-order chi connectivity index (χ1) is 25.2. The van der Waals surface area contributed by atoms with Crippen LogP contribution >= 0.6 is 0 Å². The van der Waals surface area contributed by atoms with Crippen LogP contribution in [0, 0.1) is 0 Å². The topological polar surface area (TPSA) is 298 Å². The van der Waals surface area contributed by atoms with Gasteiger partial charge in [-0.1, -0.05) is 50.2 Å². The van der Waals surface area contributed by atoms with Crippen molar-refractivity contribution in [1.82, 2.24) is 0 Å². The van der Waals surface area contributed by atoms with Gasteiger partial charge in [0.1, 0.15) is 0 Å². The average Bonchev–Trinajstić information content (AvgIpc) is 3.12. The van der Waals surface area contributed by atoms with Crippen molar-refractivity contribution in [3.05, 3.63) is 140 Å². The lowest BCUT2D eigenvalue weighted by molar-refractivity contribution is 0.0646. The van der Waals surface area contributed by atoms with Gasteiger partial charge in [0.25, 0.3) is 0 Å². The Morgan fingerprint density at radius 3 is 1.00 bits per heavy atom. The molecule has 0 amide bonds. The second-order valence-electron chi connectivity index (χ2n) is 12.6. The molecule has 0 fully saturated rings. The van der Waals surface area contributed by atoms with Crippen LogP contribution in [0.4, 0.5) is 0 Å². The van der Waals surface area contributed by atoms with Crippen LogP contribution < -0.4 is 0 Å². The van der Waals surface area contributed by atoms with Crippen molar-refractivity contribution in [3.63, 3.8) is 0 Å². The van der Waals surface area contributed by atoms with Gasteiger partial charge in [0.05, 0.1) is 44.5 Å². The number of benzene rings is 4. The molecule has 0 saturated carbocycles. The van der Waals surface area contributed by atoms with E-state index < -0.39 is 110 Å². The molecule has 278 valence electrons. The van der Waals surface area contributed by atoms with Crippen molar-refractivity contribution < 1.29 is 79.2 Å². The molecule has 0 aliphatic carbocycles. The Morgan fingerprint density at radius 2 is 0.704 bits per heavy atom. The molecule has 16 heteroatoms. The maximum absolute atomic E-state index is 12.8. The number of hydrogen-bond donors (Lipinski definition) is 8. The second kappa shape index (κ2) is 14.7. The molecule has 4 aromatic rings. The summed E-state index contributed by atoms with van der Waals surface area (Å²) in [6, 6.07) is 13.3. The summed E-state index contributed by atoms with van der Waals surface area (Å²) in [5.41, 5.74) is -9.46. The summed E-state index contributed by atoms with van der Waals surface area (Å²) in [4.78, 5) is 98.4. The van der Waals surface area contributed by atoms with Crippen molar-refractivity contribution >= 4 is 47.8 Å². The van der Waals surface area contributed by atoms with Gasteiger partial charge in [-0.05, 0) is 71.5 Å². The number of carboxylic acid groups (broad SMARTS) is 8. The third kappa shape index (κ3) is 7.07. The predicted molar refractivity (Wildman–Crippen MR) is 184 cm³/mol. The lowest BCUT2D eigenvalue weighted by Crippen LogP contribution is -2.34. The van der Waals surface area contributed by atoms with Crippen molar-refractivity contribution in [2.24, 2.45) is 0 Å². The Bertz CT molecular complexity index is 2150. The lowest BCUT2D eigenvalue weighted by Gasteiger charge is -2.39. The maximum atomic E-state index is 12.8. The minimum atomic E-state index is -1.91. The highest BCUT2D eigenvalue weighted by molar-refractivity contribution is 6.06. The van der Waals surface area contributed by atoms with Crippen LogP contribution in [-0.2, 0) is 10.8 Å². The van der Waals surface area contributed by atoms with E-state index in [4.69, 9.17) is 0 Å². The first-order valence-electron chi connectivity index (χ1n) is 15.6. The van der Waals surface area contributed by atoms with Crippen LogP contribution in [0.2, 0.25) is 0 Å². The van der Waals surface area contributed by atoms with Gasteiger partial charge in [-0.25, -0.2) is 38.4 Å². The van der Waals surface area contributed by atoms with E-state index in [0.717, 1.165) is 36.4 Å². The van der Waals surface area contributed by atoms with Crippen molar-refractivity contribution in [3.8, 4) is 0 Å². The van der Waals surface area contributed by atoms with E-state index in [2.05, 4.69) is 0 Å². The quantitative estimate of drug-likeness (QED) is 0.0759. The van der Waals surface area contributed by atoms with Crippen molar-refractivity contribution in [2.45, 2.75) is 37.5 Å². The highest BCUT2D eigenvalue weighted by Gasteiger charge is 2.42. The van der Waals surface area contributed by atoms with Crippen LogP contribution in [0.1, 0.15) is 132 Å². The maximum Gasteiger partial charge on any atom is 0.336 e. The summed E-state index contributed by atoms with van der Waals surface area (Å²) in [5, 5.41) is 79.8. The Hall–Kier alpha value is -7.36.